The molecule has 3 aromatic carbocycles. The molecule has 0 spiro atoms. The van der Waals surface area contributed by atoms with Crippen LogP contribution in [0.2, 0.25) is 0 Å². The number of nitrogens with zero attached hydrogens (tertiary/aromatic N) is 1. The minimum absolute atomic E-state index is 0.287. The van der Waals surface area contributed by atoms with Crippen LogP contribution in [0.25, 0.3) is 17.2 Å². The zero-order valence-electron chi connectivity index (χ0n) is 23.7. The van der Waals surface area contributed by atoms with Gasteiger partial charge in [0, 0.05) is 16.8 Å². The molecule has 1 aliphatic carbocycles. The fraction of sp³-hybridized carbons (Fsp3) is 0.343. The summed E-state index contributed by atoms with van der Waals surface area (Å²) in [5.74, 6) is 0.337. The monoisotopic (exact) mass is 544 g/mol. The number of nitriles is 1. The lowest BCUT2D eigenvalue weighted by molar-refractivity contribution is -0.137. The van der Waals surface area contributed by atoms with Gasteiger partial charge in [0.1, 0.15) is 0 Å². The molecule has 40 heavy (non-hydrogen) atoms. The van der Waals surface area contributed by atoms with E-state index < -0.39 is 17.2 Å². The highest BCUT2D eigenvalue weighted by atomic mass is 19.4. The van der Waals surface area contributed by atoms with E-state index in [-0.39, 0.29) is 11.3 Å². The van der Waals surface area contributed by atoms with E-state index in [9.17, 15) is 18.4 Å². The van der Waals surface area contributed by atoms with Crippen molar-refractivity contribution in [1.29, 1.82) is 5.26 Å². The minimum atomic E-state index is -4.62. The van der Waals surface area contributed by atoms with Crippen molar-refractivity contribution in [3.63, 3.8) is 0 Å². The Bertz CT molecular complexity index is 1360. The molecule has 5 heteroatoms. The molecule has 1 atom stereocenters. The van der Waals surface area contributed by atoms with Crippen LogP contribution in [0.3, 0.4) is 0 Å². The van der Waals surface area contributed by atoms with Crippen molar-refractivity contribution in [2.75, 3.05) is 5.32 Å². The van der Waals surface area contributed by atoms with Crippen LogP contribution in [0.5, 0.6) is 0 Å². The van der Waals surface area contributed by atoms with Gasteiger partial charge < -0.3 is 5.32 Å². The molecule has 2 nitrogen and oxygen atoms in total. The average Bonchev–Trinajstić information content (AvgIpc) is 2.98. The van der Waals surface area contributed by atoms with E-state index in [1.165, 1.54) is 24.1 Å². The van der Waals surface area contributed by atoms with Crippen molar-refractivity contribution in [3.8, 4) is 17.2 Å². The van der Waals surface area contributed by atoms with Crippen molar-refractivity contribution >= 4 is 11.8 Å². The van der Waals surface area contributed by atoms with Crippen molar-refractivity contribution in [1.82, 2.24) is 0 Å². The summed E-state index contributed by atoms with van der Waals surface area (Å²) in [7, 11) is 0. The number of hydrogen-bond donors (Lipinski definition) is 1. The van der Waals surface area contributed by atoms with E-state index in [4.69, 9.17) is 0 Å². The first-order chi connectivity index (χ1) is 19.2. The van der Waals surface area contributed by atoms with Crippen LogP contribution >= 0.6 is 0 Å². The Balaban J connectivity index is 0.00000216. The van der Waals surface area contributed by atoms with Crippen molar-refractivity contribution in [2.24, 2.45) is 11.3 Å². The first-order valence-electron chi connectivity index (χ1n) is 14.0. The Hall–Kier alpha value is -3.78. The zero-order chi connectivity index (χ0) is 29.3. The van der Waals surface area contributed by atoms with Crippen molar-refractivity contribution in [2.45, 2.75) is 65.5 Å². The van der Waals surface area contributed by atoms with Gasteiger partial charge in [-0.15, -0.1) is 0 Å². The van der Waals surface area contributed by atoms with Crippen molar-refractivity contribution in [3.05, 3.63) is 108 Å². The van der Waals surface area contributed by atoms with Crippen LogP contribution in [0.4, 0.5) is 18.9 Å². The lowest BCUT2D eigenvalue weighted by Gasteiger charge is -2.42. The Morgan fingerprint density at radius 3 is 2.35 bits per heavy atom. The van der Waals surface area contributed by atoms with Gasteiger partial charge in [-0.25, -0.2) is 0 Å². The molecule has 4 rings (SSSR count). The van der Waals surface area contributed by atoms with Crippen LogP contribution in [0.1, 0.15) is 75.1 Å². The fourth-order valence-electron chi connectivity index (χ4n) is 5.69. The third-order valence-corrected chi connectivity index (χ3v) is 7.94. The summed E-state index contributed by atoms with van der Waals surface area (Å²) in [5, 5.41) is 12.4. The Labute approximate surface area is 237 Å². The summed E-state index contributed by atoms with van der Waals surface area (Å²) in [6.07, 6.45) is 3.46. The van der Waals surface area contributed by atoms with Gasteiger partial charge in [-0.2, -0.15) is 18.4 Å². The molecule has 1 aliphatic rings. The smallest absolute Gasteiger partial charge is 0.359 e. The van der Waals surface area contributed by atoms with Crippen LogP contribution in [-0.4, -0.2) is 0 Å². The number of nitrogens with one attached hydrogen (secondary N) is 1. The molecule has 0 aromatic heterocycles. The second-order valence-corrected chi connectivity index (χ2v) is 10.4. The van der Waals surface area contributed by atoms with Gasteiger partial charge in [-0.3, -0.25) is 0 Å². The topological polar surface area (TPSA) is 35.8 Å². The normalized spacial score (nSPS) is 15.1. The molecule has 1 unspecified atom stereocenters. The standard InChI is InChI=1S/C33H33F3N2.C2H6/c1-4-24-11-10-13-25(19-24)30-16-9-8-12-26(30)21-32(3,28-14-6-5-7-15-28)23(2)38-29-18-17-27(22-37)31(20-29)33(34,35)36;1-2/h4,8-13,16-20,28,38H,1-2,5-7,14-15,21H2,3H3;1-2H3. The van der Waals surface area contributed by atoms with E-state index >= 15 is 0 Å². The van der Waals surface area contributed by atoms with Crippen molar-refractivity contribution < 1.29 is 13.2 Å². The molecule has 0 saturated heterocycles. The third kappa shape index (κ3) is 7.04. The summed E-state index contributed by atoms with van der Waals surface area (Å²) in [6.45, 7) is 14.5. The first-order valence-corrected chi connectivity index (χ1v) is 14.0. The first kappa shape index (κ1) is 30.8. The highest BCUT2D eigenvalue weighted by Gasteiger charge is 2.39. The van der Waals surface area contributed by atoms with Gasteiger partial charge in [0.15, 0.2) is 0 Å². The maximum atomic E-state index is 13.6. The van der Waals surface area contributed by atoms with E-state index in [1.54, 1.807) is 6.07 Å². The highest BCUT2D eigenvalue weighted by molar-refractivity contribution is 5.70. The van der Waals surface area contributed by atoms with Crippen LogP contribution in [0, 0.1) is 22.7 Å². The second-order valence-electron chi connectivity index (χ2n) is 10.4. The lowest BCUT2D eigenvalue weighted by Crippen LogP contribution is -2.36. The van der Waals surface area contributed by atoms with Gasteiger partial charge in [0.05, 0.1) is 17.2 Å². The van der Waals surface area contributed by atoms with E-state index in [0.717, 1.165) is 48.4 Å². The van der Waals surface area contributed by atoms with Gasteiger partial charge in [-0.05, 0) is 71.7 Å². The number of rotatable bonds is 8. The van der Waals surface area contributed by atoms with Gasteiger partial charge in [0.25, 0.3) is 0 Å². The number of halogens is 3. The summed E-state index contributed by atoms with van der Waals surface area (Å²) in [6, 6.07) is 22.0. The molecule has 1 fully saturated rings. The minimum Gasteiger partial charge on any atom is -0.359 e. The second kappa shape index (κ2) is 13.5. The quantitative estimate of drug-likeness (QED) is 0.306. The zero-order valence-corrected chi connectivity index (χ0v) is 23.7. The molecule has 0 radical (unpaired) electrons. The number of hydrogen-bond acceptors (Lipinski definition) is 2. The average molecular weight is 545 g/mol. The van der Waals surface area contributed by atoms with E-state index in [1.807, 2.05) is 44.2 Å². The SMILES string of the molecule is C=Cc1cccc(-c2ccccc2CC(C)(C(=C)Nc2ccc(C#N)c(C(F)(F)F)c2)C2CCCCC2)c1.CC. The van der Waals surface area contributed by atoms with Crippen LogP contribution in [-0.2, 0) is 12.6 Å². The molecule has 3 aromatic rings. The summed E-state index contributed by atoms with van der Waals surface area (Å²) in [4.78, 5) is 0. The summed E-state index contributed by atoms with van der Waals surface area (Å²) < 4.78 is 40.9. The maximum absolute atomic E-state index is 13.6. The molecular weight excluding hydrogens is 505 g/mol. The molecule has 0 heterocycles. The Morgan fingerprint density at radius 2 is 1.70 bits per heavy atom. The third-order valence-electron chi connectivity index (χ3n) is 7.94. The molecule has 1 saturated carbocycles. The molecule has 0 amide bonds. The maximum Gasteiger partial charge on any atom is 0.417 e. The highest BCUT2D eigenvalue weighted by Crippen LogP contribution is 2.47. The fourth-order valence-corrected chi connectivity index (χ4v) is 5.69. The van der Waals surface area contributed by atoms with Gasteiger partial charge >= 0.3 is 6.18 Å². The molecule has 0 aliphatic heterocycles. The van der Waals surface area contributed by atoms with E-state index in [2.05, 4.69) is 49.7 Å². The largest absolute Gasteiger partial charge is 0.417 e. The molecule has 1 N–H and O–H groups in total. The summed E-state index contributed by atoms with van der Waals surface area (Å²) >= 11 is 0. The number of allylic oxidation sites excluding steroid dienone is 1. The van der Waals surface area contributed by atoms with E-state index in [0.29, 0.717) is 18.0 Å². The lowest BCUT2D eigenvalue weighted by atomic mass is 9.65. The molecule has 210 valence electrons. The molecule has 0 bridgehead atoms. The molecular formula is C35H39F3N2. The van der Waals surface area contributed by atoms with Crippen LogP contribution < -0.4 is 5.32 Å². The Kier molecular flexibility index (Phi) is 10.4. The Morgan fingerprint density at radius 1 is 1.00 bits per heavy atom. The predicted molar refractivity (Wildman–Crippen MR) is 161 cm³/mol. The number of anilines is 1. The van der Waals surface area contributed by atoms with Crippen LogP contribution in [0.15, 0.2) is 85.6 Å². The predicted octanol–water partition coefficient (Wildman–Crippen LogP) is 10.7. The van der Waals surface area contributed by atoms with Gasteiger partial charge in [0.2, 0.25) is 0 Å². The number of benzene rings is 3. The summed E-state index contributed by atoms with van der Waals surface area (Å²) in [5.41, 5.74) is 3.68. The number of alkyl halides is 3. The van der Waals surface area contributed by atoms with Gasteiger partial charge in [-0.1, -0.05) is 102 Å².